The zero-order valence-corrected chi connectivity index (χ0v) is 12.8. The summed E-state index contributed by atoms with van der Waals surface area (Å²) in [5.74, 6) is 1.06. The van der Waals surface area contributed by atoms with Gasteiger partial charge in [0, 0.05) is 17.6 Å². The van der Waals surface area contributed by atoms with E-state index in [-0.39, 0.29) is 0 Å². The van der Waals surface area contributed by atoms with Crippen LogP contribution in [-0.4, -0.2) is 41.1 Å². The fraction of sp³-hybridized carbons (Fsp3) is 0.385. The molecule has 0 atom stereocenters. The SMILES string of the molecule is Cc1cc(Br)ccc1-n1nc(N2CCOCC2)nc1N. The van der Waals surface area contributed by atoms with Gasteiger partial charge in [-0.25, -0.2) is 0 Å². The van der Waals surface area contributed by atoms with Crippen molar-refractivity contribution in [2.24, 2.45) is 0 Å². The summed E-state index contributed by atoms with van der Waals surface area (Å²) in [6, 6.07) is 5.98. The fourth-order valence-electron chi connectivity index (χ4n) is 2.24. The predicted octanol–water partition coefficient (Wildman–Crippen LogP) is 1.76. The Labute approximate surface area is 125 Å². The van der Waals surface area contributed by atoms with E-state index in [1.165, 1.54) is 0 Å². The number of hydrogen-bond donors (Lipinski definition) is 1. The molecule has 1 aliphatic heterocycles. The van der Waals surface area contributed by atoms with Gasteiger partial charge < -0.3 is 15.4 Å². The first-order valence-corrected chi connectivity index (χ1v) is 7.26. The number of rotatable bonds is 2. The lowest BCUT2D eigenvalue weighted by Gasteiger charge is -2.25. The molecule has 0 amide bonds. The first-order valence-electron chi connectivity index (χ1n) is 6.47. The smallest absolute Gasteiger partial charge is 0.247 e. The number of nitrogens with two attached hydrogens (primary N) is 1. The molecular formula is C13H16BrN5O. The van der Waals surface area contributed by atoms with Crippen molar-refractivity contribution >= 4 is 27.8 Å². The van der Waals surface area contributed by atoms with Crippen molar-refractivity contribution in [2.75, 3.05) is 36.9 Å². The Kier molecular flexibility index (Phi) is 3.62. The Balaban J connectivity index is 1.95. The largest absolute Gasteiger partial charge is 0.378 e. The lowest BCUT2D eigenvalue weighted by molar-refractivity contribution is 0.122. The predicted molar refractivity (Wildman–Crippen MR) is 81.2 cm³/mol. The molecule has 6 nitrogen and oxygen atoms in total. The molecule has 1 fully saturated rings. The summed E-state index contributed by atoms with van der Waals surface area (Å²) in [5, 5.41) is 4.53. The molecule has 20 heavy (non-hydrogen) atoms. The maximum Gasteiger partial charge on any atom is 0.247 e. The number of hydrogen-bond acceptors (Lipinski definition) is 5. The maximum absolute atomic E-state index is 6.01. The van der Waals surface area contributed by atoms with E-state index in [0.717, 1.165) is 28.8 Å². The second kappa shape index (κ2) is 5.41. The highest BCUT2D eigenvalue weighted by molar-refractivity contribution is 9.10. The van der Waals surface area contributed by atoms with Crippen molar-refractivity contribution in [1.82, 2.24) is 14.8 Å². The number of nitrogen functional groups attached to an aromatic ring is 1. The fourth-order valence-corrected chi connectivity index (χ4v) is 2.72. The van der Waals surface area contributed by atoms with E-state index in [9.17, 15) is 0 Å². The average molecular weight is 338 g/mol. The summed E-state index contributed by atoms with van der Waals surface area (Å²) < 4.78 is 8.05. The minimum Gasteiger partial charge on any atom is -0.378 e. The Morgan fingerprint density at radius 1 is 1.30 bits per heavy atom. The van der Waals surface area contributed by atoms with Crippen LogP contribution in [0.2, 0.25) is 0 Å². The van der Waals surface area contributed by atoms with Gasteiger partial charge >= 0.3 is 0 Å². The summed E-state index contributed by atoms with van der Waals surface area (Å²) in [4.78, 5) is 6.45. The van der Waals surface area contributed by atoms with Gasteiger partial charge in [0.1, 0.15) is 0 Å². The van der Waals surface area contributed by atoms with Crippen molar-refractivity contribution in [3.8, 4) is 5.69 Å². The molecule has 106 valence electrons. The lowest BCUT2D eigenvalue weighted by Crippen LogP contribution is -2.37. The molecule has 7 heteroatoms. The van der Waals surface area contributed by atoms with Crippen LogP contribution >= 0.6 is 15.9 Å². The summed E-state index contributed by atoms with van der Waals surface area (Å²) in [6.45, 7) is 5.01. The van der Waals surface area contributed by atoms with Crippen LogP contribution in [0.3, 0.4) is 0 Å². The molecule has 0 spiro atoms. The molecule has 3 rings (SSSR count). The van der Waals surface area contributed by atoms with E-state index >= 15 is 0 Å². The molecule has 2 heterocycles. The third-order valence-electron chi connectivity index (χ3n) is 3.30. The van der Waals surface area contributed by atoms with Crippen LogP contribution in [-0.2, 0) is 4.74 Å². The summed E-state index contributed by atoms with van der Waals surface area (Å²) in [6.07, 6.45) is 0. The first-order chi connectivity index (χ1) is 9.65. The molecule has 0 unspecified atom stereocenters. The van der Waals surface area contributed by atoms with Gasteiger partial charge in [0.25, 0.3) is 0 Å². The molecule has 0 aliphatic carbocycles. The number of ether oxygens (including phenoxy) is 1. The first kappa shape index (κ1) is 13.4. The molecule has 0 radical (unpaired) electrons. The molecular weight excluding hydrogens is 322 g/mol. The van der Waals surface area contributed by atoms with E-state index in [1.54, 1.807) is 4.68 Å². The molecule has 2 aromatic rings. The van der Waals surface area contributed by atoms with Crippen LogP contribution in [0.4, 0.5) is 11.9 Å². The van der Waals surface area contributed by atoms with Gasteiger partial charge in [-0.1, -0.05) is 15.9 Å². The van der Waals surface area contributed by atoms with Crippen molar-refractivity contribution in [2.45, 2.75) is 6.92 Å². The Morgan fingerprint density at radius 3 is 2.75 bits per heavy atom. The molecule has 0 bridgehead atoms. The average Bonchev–Trinajstić information content (AvgIpc) is 2.82. The number of anilines is 2. The van der Waals surface area contributed by atoms with Crippen molar-refractivity contribution in [1.29, 1.82) is 0 Å². The number of nitrogens with zero attached hydrogens (tertiary/aromatic N) is 4. The summed E-state index contributed by atoms with van der Waals surface area (Å²) in [7, 11) is 0. The van der Waals surface area contributed by atoms with Crippen LogP contribution in [0.25, 0.3) is 5.69 Å². The molecule has 1 aliphatic rings. The van der Waals surface area contributed by atoms with E-state index in [0.29, 0.717) is 25.1 Å². The lowest BCUT2D eigenvalue weighted by atomic mass is 10.2. The van der Waals surface area contributed by atoms with Crippen molar-refractivity contribution < 1.29 is 4.74 Å². The third kappa shape index (κ3) is 2.51. The zero-order chi connectivity index (χ0) is 14.1. The van der Waals surface area contributed by atoms with Crippen LogP contribution in [0.15, 0.2) is 22.7 Å². The second-order valence-electron chi connectivity index (χ2n) is 4.71. The Hall–Kier alpha value is -1.60. The second-order valence-corrected chi connectivity index (χ2v) is 5.63. The highest BCUT2D eigenvalue weighted by Gasteiger charge is 2.18. The Bertz CT molecular complexity index is 621. The van der Waals surface area contributed by atoms with E-state index in [4.69, 9.17) is 10.5 Å². The number of halogens is 1. The van der Waals surface area contributed by atoms with Crippen molar-refractivity contribution in [3.63, 3.8) is 0 Å². The van der Waals surface area contributed by atoms with Gasteiger partial charge in [-0.05, 0) is 30.7 Å². The number of benzene rings is 1. The summed E-state index contributed by atoms with van der Waals surface area (Å²) in [5.41, 5.74) is 8.04. The minimum absolute atomic E-state index is 0.400. The van der Waals surface area contributed by atoms with Crippen LogP contribution in [0, 0.1) is 6.92 Å². The topological polar surface area (TPSA) is 69.2 Å². The standard InChI is InChI=1S/C13H16BrN5O/c1-9-8-10(14)2-3-11(9)19-12(15)16-13(17-19)18-4-6-20-7-5-18/h2-3,8H,4-7H2,1H3,(H2,15,16,17). The van der Waals surface area contributed by atoms with Crippen molar-refractivity contribution in [3.05, 3.63) is 28.2 Å². The highest BCUT2D eigenvalue weighted by Crippen LogP contribution is 2.22. The van der Waals surface area contributed by atoms with Crippen LogP contribution < -0.4 is 10.6 Å². The van der Waals surface area contributed by atoms with Gasteiger partial charge in [0.15, 0.2) is 0 Å². The van der Waals surface area contributed by atoms with Crippen LogP contribution in [0.5, 0.6) is 0 Å². The zero-order valence-electron chi connectivity index (χ0n) is 11.2. The Morgan fingerprint density at radius 2 is 2.05 bits per heavy atom. The molecule has 2 N–H and O–H groups in total. The van der Waals surface area contributed by atoms with Gasteiger partial charge in [-0.15, -0.1) is 5.10 Å². The van der Waals surface area contributed by atoms with E-state index < -0.39 is 0 Å². The number of aromatic nitrogens is 3. The number of morpholine rings is 1. The van der Waals surface area contributed by atoms with E-state index in [2.05, 4.69) is 30.9 Å². The van der Waals surface area contributed by atoms with Gasteiger partial charge in [-0.3, -0.25) is 0 Å². The molecule has 1 aromatic heterocycles. The summed E-state index contributed by atoms with van der Waals surface area (Å²) >= 11 is 3.46. The monoisotopic (exact) mass is 337 g/mol. The quantitative estimate of drug-likeness (QED) is 0.904. The molecule has 1 aromatic carbocycles. The number of aryl methyl sites for hydroxylation is 1. The normalized spacial score (nSPS) is 15.6. The van der Waals surface area contributed by atoms with Gasteiger partial charge in [-0.2, -0.15) is 9.67 Å². The van der Waals surface area contributed by atoms with E-state index in [1.807, 2.05) is 25.1 Å². The molecule has 0 saturated carbocycles. The van der Waals surface area contributed by atoms with Gasteiger partial charge in [0.2, 0.25) is 11.9 Å². The maximum atomic E-state index is 6.01. The van der Waals surface area contributed by atoms with Crippen LogP contribution in [0.1, 0.15) is 5.56 Å². The van der Waals surface area contributed by atoms with Gasteiger partial charge in [0.05, 0.1) is 18.9 Å². The highest BCUT2D eigenvalue weighted by atomic mass is 79.9. The minimum atomic E-state index is 0.400. The molecule has 1 saturated heterocycles. The third-order valence-corrected chi connectivity index (χ3v) is 3.80.